The number of rotatable bonds is 3. The maximum Gasteiger partial charge on any atom is 0.254 e. The van der Waals surface area contributed by atoms with Gasteiger partial charge in [-0.15, -0.1) is 0 Å². The molecule has 0 bridgehead atoms. The summed E-state index contributed by atoms with van der Waals surface area (Å²) in [7, 11) is 1.72. The maximum absolute atomic E-state index is 12.4. The molecule has 2 aromatic carbocycles. The van der Waals surface area contributed by atoms with E-state index in [2.05, 4.69) is 15.9 Å². The van der Waals surface area contributed by atoms with Crippen LogP contribution in [-0.4, -0.2) is 17.9 Å². The fraction of sp³-hybridized carbons (Fsp3) is 0.133. The highest BCUT2D eigenvalue weighted by molar-refractivity contribution is 9.10. The molecule has 2 rings (SSSR count). The van der Waals surface area contributed by atoms with Gasteiger partial charge in [0.2, 0.25) is 0 Å². The van der Waals surface area contributed by atoms with Crippen molar-refractivity contribution >= 4 is 50.7 Å². The average Bonchev–Trinajstić information content (AvgIpc) is 2.35. The highest BCUT2D eigenvalue weighted by Crippen LogP contribution is 2.22. The van der Waals surface area contributed by atoms with E-state index in [0.29, 0.717) is 27.8 Å². The van der Waals surface area contributed by atoms with E-state index >= 15 is 0 Å². The van der Waals surface area contributed by atoms with Gasteiger partial charge in [-0.3, -0.25) is 4.79 Å². The van der Waals surface area contributed by atoms with Crippen molar-refractivity contribution < 1.29 is 4.79 Å². The Balaban J connectivity index is 2.19. The smallest absolute Gasteiger partial charge is 0.254 e. The van der Waals surface area contributed by atoms with Gasteiger partial charge in [-0.25, -0.2) is 0 Å². The quantitative estimate of drug-likeness (QED) is 0.781. The Morgan fingerprint density at radius 1 is 1.14 bits per heavy atom. The van der Waals surface area contributed by atoms with Crippen LogP contribution in [0.4, 0.5) is 5.69 Å². The first-order valence-electron chi connectivity index (χ1n) is 6.11. The molecule has 0 saturated heterocycles. The third-order valence-corrected chi connectivity index (χ3v) is 3.75. The molecule has 21 heavy (non-hydrogen) atoms. The fourth-order valence-electron chi connectivity index (χ4n) is 2.00. The summed E-state index contributed by atoms with van der Waals surface area (Å²) in [5.74, 6) is -0.126. The van der Waals surface area contributed by atoms with Gasteiger partial charge in [0.15, 0.2) is 0 Å². The first kappa shape index (κ1) is 16.1. The van der Waals surface area contributed by atoms with Crippen molar-refractivity contribution in [1.29, 1.82) is 0 Å². The molecule has 0 unspecified atom stereocenters. The third-order valence-electron chi connectivity index (χ3n) is 2.86. The zero-order valence-electron chi connectivity index (χ0n) is 11.2. The van der Waals surface area contributed by atoms with Gasteiger partial charge in [0.1, 0.15) is 0 Å². The van der Waals surface area contributed by atoms with Crippen molar-refractivity contribution in [3.8, 4) is 0 Å². The second-order valence-electron chi connectivity index (χ2n) is 4.71. The van der Waals surface area contributed by atoms with Crippen LogP contribution in [0.1, 0.15) is 15.9 Å². The number of carbonyl (C=O) groups is 1. The lowest BCUT2D eigenvalue weighted by Crippen LogP contribution is -2.26. The van der Waals surface area contributed by atoms with Gasteiger partial charge in [0.25, 0.3) is 5.91 Å². The summed E-state index contributed by atoms with van der Waals surface area (Å²) in [6.45, 7) is 0.408. The van der Waals surface area contributed by atoms with Gasteiger partial charge in [-0.05, 0) is 42.0 Å². The van der Waals surface area contributed by atoms with Gasteiger partial charge >= 0.3 is 0 Å². The maximum atomic E-state index is 12.4. The number of amides is 1. The number of benzene rings is 2. The van der Waals surface area contributed by atoms with Gasteiger partial charge < -0.3 is 10.6 Å². The molecular formula is C15H13BrCl2N2O. The van der Waals surface area contributed by atoms with Crippen LogP contribution in [0.2, 0.25) is 10.0 Å². The van der Waals surface area contributed by atoms with Crippen molar-refractivity contribution in [2.75, 3.05) is 12.8 Å². The Bertz CT molecular complexity index is 651. The fourth-order valence-corrected chi connectivity index (χ4v) is 3.09. The van der Waals surface area contributed by atoms with Crippen LogP contribution in [0.15, 0.2) is 40.9 Å². The predicted octanol–water partition coefficient (Wildman–Crippen LogP) is 4.61. The topological polar surface area (TPSA) is 46.3 Å². The minimum atomic E-state index is -0.126. The van der Waals surface area contributed by atoms with E-state index in [1.807, 2.05) is 0 Å². The standard InChI is InChI=1S/C15H13BrCl2N2O/c1-20(8-9-2-12(17)7-13(18)3-9)15(21)10-4-11(16)6-14(19)5-10/h2-7H,8,19H2,1H3. The van der Waals surface area contributed by atoms with Crippen LogP contribution >= 0.6 is 39.1 Å². The number of anilines is 1. The van der Waals surface area contributed by atoms with Crippen LogP contribution in [0.5, 0.6) is 0 Å². The molecule has 0 aliphatic carbocycles. The van der Waals surface area contributed by atoms with E-state index < -0.39 is 0 Å². The van der Waals surface area contributed by atoms with Crippen molar-refractivity contribution in [2.45, 2.75) is 6.54 Å². The molecule has 6 heteroatoms. The summed E-state index contributed by atoms with van der Waals surface area (Å²) in [6, 6.07) is 10.4. The third kappa shape index (κ3) is 4.37. The number of hydrogen-bond acceptors (Lipinski definition) is 2. The lowest BCUT2D eigenvalue weighted by Gasteiger charge is -2.18. The second-order valence-corrected chi connectivity index (χ2v) is 6.50. The summed E-state index contributed by atoms with van der Waals surface area (Å²) >= 11 is 15.3. The van der Waals surface area contributed by atoms with Crippen LogP contribution in [0, 0.1) is 0 Å². The van der Waals surface area contributed by atoms with E-state index in [9.17, 15) is 4.79 Å². The normalized spacial score (nSPS) is 10.5. The summed E-state index contributed by atoms with van der Waals surface area (Å²) in [4.78, 5) is 14.0. The number of nitrogens with two attached hydrogens (primary N) is 1. The summed E-state index contributed by atoms with van der Waals surface area (Å²) in [6.07, 6.45) is 0. The predicted molar refractivity (Wildman–Crippen MR) is 90.8 cm³/mol. The first-order valence-corrected chi connectivity index (χ1v) is 7.66. The molecule has 0 radical (unpaired) electrons. The number of hydrogen-bond donors (Lipinski definition) is 1. The Kier molecular flexibility index (Phi) is 5.14. The first-order chi connectivity index (χ1) is 9.85. The van der Waals surface area contributed by atoms with Gasteiger partial charge in [0.05, 0.1) is 0 Å². The molecule has 2 N–H and O–H groups in total. The monoisotopic (exact) mass is 386 g/mol. The second kappa shape index (κ2) is 6.69. The van der Waals surface area contributed by atoms with E-state index in [1.54, 1.807) is 48.3 Å². The Hall–Kier alpha value is -1.23. The number of nitrogens with zero attached hydrogens (tertiary/aromatic N) is 1. The Morgan fingerprint density at radius 2 is 1.76 bits per heavy atom. The molecule has 0 atom stereocenters. The van der Waals surface area contributed by atoms with Crippen LogP contribution in [0.3, 0.4) is 0 Å². The van der Waals surface area contributed by atoms with E-state index in [4.69, 9.17) is 28.9 Å². The molecule has 0 heterocycles. The molecule has 1 amide bonds. The largest absolute Gasteiger partial charge is 0.399 e. The van der Waals surface area contributed by atoms with E-state index in [0.717, 1.165) is 10.0 Å². The Morgan fingerprint density at radius 3 is 2.33 bits per heavy atom. The van der Waals surface area contributed by atoms with Crippen molar-refractivity contribution in [1.82, 2.24) is 4.90 Å². The number of carbonyl (C=O) groups excluding carboxylic acids is 1. The molecule has 0 aliphatic rings. The lowest BCUT2D eigenvalue weighted by atomic mass is 10.1. The van der Waals surface area contributed by atoms with Crippen molar-refractivity contribution in [2.24, 2.45) is 0 Å². The Labute approximate surface area is 141 Å². The molecule has 0 saturated carbocycles. The SMILES string of the molecule is CN(Cc1cc(Cl)cc(Cl)c1)C(=O)c1cc(N)cc(Br)c1. The molecule has 0 aromatic heterocycles. The van der Waals surface area contributed by atoms with Gasteiger partial charge in [-0.2, -0.15) is 0 Å². The van der Waals surface area contributed by atoms with E-state index in [-0.39, 0.29) is 5.91 Å². The van der Waals surface area contributed by atoms with Crippen LogP contribution < -0.4 is 5.73 Å². The molecule has 0 aliphatic heterocycles. The molecular weight excluding hydrogens is 375 g/mol. The zero-order valence-corrected chi connectivity index (χ0v) is 14.3. The molecule has 3 nitrogen and oxygen atoms in total. The molecule has 110 valence electrons. The lowest BCUT2D eigenvalue weighted by molar-refractivity contribution is 0.0785. The number of nitrogen functional groups attached to an aromatic ring is 1. The van der Waals surface area contributed by atoms with Crippen molar-refractivity contribution in [3.05, 3.63) is 62.0 Å². The minimum absolute atomic E-state index is 0.126. The van der Waals surface area contributed by atoms with Crippen LogP contribution in [-0.2, 0) is 6.54 Å². The molecule has 0 spiro atoms. The van der Waals surface area contributed by atoms with Gasteiger partial charge in [-0.1, -0.05) is 39.1 Å². The molecule has 2 aromatic rings. The number of halogens is 3. The summed E-state index contributed by atoms with van der Waals surface area (Å²) in [5.41, 5.74) is 7.68. The van der Waals surface area contributed by atoms with Crippen LogP contribution in [0.25, 0.3) is 0 Å². The van der Waals surface area contributed by atoms with Gasteiger partial charge in [0, 0.05) is 39.4 Å². The molecule has 0 fully saturated rings. The average molecular weight is 388 g/mol. The van der Waals surface area contributed by atoms with Crippen molar-refractivity contribution in [3.63, 3.8) is 0 Å². The summed E-state index contributed by atoms with van der Waals surface area (Å²) < 4.78 is 0.769. The highest BCUT2D eigenvalue weighted by atomic mass is 79.9. The summed E-state index contributed by atoms with van der Waals surface area (Å²) in [5, 5.41) is 1.09. The van der Waals surface area contributed by atoms with E-state index in [1.165, 1.54) is 0 Å². The highest BCUT2D eigenvalue weighted by Gasteiger charge is 2.13. The zero-order chi connectivity index (χ0) is 15.6. The minimum Gasteiger partial charge on any atom is -0.399 e.